The first-order valence-electron chi connectivity index (χ1n) is 8.48. The van der Waals surface area contributed by atoms with Crippen LogP contribution in [0.4, 0.5) is 0 Å². The fourth-order valence-corrected chi connectivity index (χ4v) is 5.57. The van der Waals surface area contributed by atoms with Crippen LogP contribution in [0, 0.1) is 19.3 Å². The lowest BCUT2D eigenvalue weighted by atomic mass is 9.86. The zero-order chi connectivity index (χ0) is 16.7. The van der Waals surface area contributed by atoms with Gasteiger partial charge in [-0.25, -0.2) is 4.98 Å². The number of nitrogens with zero attached hydrogens (tertiary/aromatic N) is 3. The molecule has 0 radical (unpaired) electrons. The lowest BCUT2D eigenvalue weighted by Crippen LogP contribution is -2.31. The number of carbonyl (C=O) groups is 1. The number of aryl methyl sites for hydroxylation is 2. The first-order chi connectivity index (χ1) is 11.5. The van der Waals surface area contributed by atoms with Gasteiger partial charge >= 0.3 is 0 Å². The van der Waals surface area contributed by atoms with Crippen molar-refractivity contribution in [1.82, 2.24) is 14.8 Å². The molecule has 1 unspecified atom stereocenters. The maximum Gasteiger partial charge on any atom is 0.223 e. The Kier molecular flexibility index (Phi) is 4.22. The molecule has 0 N–H and O–H groups in total. The monoisotopic (exact) mass is 361 g/mol. The summed E-state index contributed by atoms with van der Waals surface area (Å²) >= 11 is 3.54. The Morgan fingerprint density at radius 1 is 1.25 bits per heavy atom. The summed E-state index contributed by atoms with van der Waals surface area (Å²) in [6.45, 7) is 8.92. The van der Waals surface area contributed by atoms with Crippen molar-refractivity contribution in [3.05, 3.63) is 38.0 Å². The van der Waals surface area contributed by atoms with Crippen LogP contribution in [-0.2, 0) is 17.9 Å². The molecule has 0 saturated carbocycles. The molecular weight excluding hydrogens is 338 g/mol. The van der Waals surface area contributed by atoms with Crippen molar-refractivity contribution in [1.29, 1.82) is 0 Å². The van der Waals surface area contributed by atoms with Gasteiger partial charge in [0.15, 0.2) is 0 Å². The number of amides is 1. The van der Waals surface area contributed by atoms with Gasteiger partial charge in [-0.05, 0) is 38.9 Å². The molecule has 2 aromatic heterocycles. The molecule has 1 amide bonds. The van der Waals surface area contributed by atoms with Crippen LogP contribution in [0.15, 0.2) is 17.5 Å². The molecule has 2 aliphatic heterocycles. The van der Waals surface area contributed by atoms with Crippen LogP contribution in [0.3, 0.4) is 0 Å². The highest BCUT2D eigenvalue weighted by Gasteiger charge is 2.47. The highest BCUT2D eigenvalue weighted by atomic mass is 32.1. The van der Waals surface area contributed by atoms with Crippen molar-refractivity contribution >= 4 is 28.6 Å². The molecule has 0 aromatic carbocycles. The van der Waals surface area contributed by atoms with Crippen molar-refractivity contribution in [3.63, 3.8) is 0 Å². The lowest BCUT2D eigenvalue weighted by molar-refractivity contribution is -0.128. The van der Waals surface area contributed by atoms with Crippen LogP contribution in [0.1, 0.15) is 33.3 Å². The summed E-state index contributed by atoms with van der Waals surface area (Å²) in [4.78, 5) is 24.4. The number of carbonyl (C=O) groups excluding carboxylic acids is 1. The third kappa shape index (κ3) is 3.27. The van der Waals surface area contributed by atoms with Crippen molar-refractivity contribution in [3.8, 4) is 0 Å². The fraction of sp³-hybridized carbons (Fsp3) is 0.556. The SMILES string of the molecule is Cc1ccc(CN2CCC3(CC(=O)N(Cc4csc(C)n4)C3)C2)s1. The van der Waals surface area contributed by atoms with E-state index in [0.29, 0.717) is 18.9 Å². The Balaban J connectivity index is 1.39. The first-order valence-corrected chi connectivity index (χ1v) is 10.2. The molecule has 0 bridgehead atoms. The standard InChI is InChI=1S/C18H23N3OS2/c1-13-3-4-16(24-13)9-20-6-5-18(11-20)7-17(22)21(12-18)8-15-10-23-14(2)19-15/h3-4,10H,5-9,11-12H2,1-2H3. The van der Waals surface area contributed by atoms with E-state index in [1.54, 1.807) is 11.3 Å². The Bertz CT molecular complexity index is 753. The largest absolute Gasteiger partial charge is 0.336 e. The van der Waals surface area contributed by atoms with Crippen LogP contribution in [-0.4, -0.2) is 40.3 Å². The number of likely N-dealkylation sites (tertiary alicyclic amines) is 2. The molecule has 128 valence electrons. The Morgan fingerprint density at radius 3 is 2.83 bits per heavy atom. The molecule has 24 heavy (non-hydrogen) atoms. The second kappa shape index (κ2) is 6.24. The van der Waals surface area contributed by atoms with E-state index in [1.165, 1.54) is 9.75 Å². The summed E-state index contributed by atoms with van der Waals surface area (Å²) in [7, 11) is 0. The van der Waals surface area contributed by atoms with E-state index < -0.39 is 0 Å². The minimum absolute atomic E-state index is 0.161. The van der Waals surface area contributed by atoms with Gasteiger partial charge in [0.2, 0.25) is 5.91 Å². The number of hydrogen-bond donors (Lipinski definition) is 0. The van der Waals surface area contributed by atoms with Gasteiger partial charge < -0.3 is 4.90 Å². The van der Waals surface area contributed by atoms with Gasteiger partial charge in [-0.1, -0.05) is 0 Å². The highest BCUT2D eigenvalue weighted by Crippen LogP contribution is 2.41. The minimum Gasteiger partial charge on any atom is -0.336 e. The van der Waals surface area contributed by atoms with E-state index in [2.05, 4.69) is 34.3 Å². The predicted octanol–water partition coefficient (Wildman–Crippen LogP) is 3.45. The third-order valence-corrected chi connectivity index (χ3v) is 6.93. The van der Waals surface area contributed by atoms with Gasteiger partial charge in [0.05, 0.1) is 17.2 Å². The van der Waals surface area contributed by atoms with Crippen molar-refractivity contribution in [2.24, 2.45) is 5.41 Å². The van der Waals surface area contributed by atoms with E-state index in [4.69, 9.17) is 0 Å². The second-order valence-electron chi connectivity index (χ2n) is 7.26. The number of thiazole rings is 1. The van der Waals surface area contributed by atoms with Crippen molar-refractivity contribution in [2.75, 3.05) is 19.6 Å². The van der Waals surface area contributed by atoms with Gasteiger partial charge in [0, 0.05) is 46.6 Å². The predicted molar refractivity (Wildman–Crippen MR) is 98.3 cm³/mol. The number of hydrogen-bond acceptors (Lipinski definition) is 5. The summed E-state index contributed by atoms with van der Waals surface area (Å²) < 4.78 is 0. The smallest absolute Gasteiger partial charge is 0.223 e. The molecule has 1 spiro atoms. The topological polar surface area (TPSA) is 36.4 Å². The Labute approximate surface area is 151 Å². The average Bonchev–Trinajstić information content (AvgIpc) is 3.26. The van der Waals surface area contributed by atoms with Gasteiger partial charge in [-0.3, -0.25) is 9.69 Å². The number of thiophene rings is 1. The first kappa shape index (κ1) is 16.2. The van der Waals surface area contributed by atoms with Crippen LogP contribution >= 0.6 is 22.7 Å². The Morgan fingerprint density at radius 2 is 2.12 bits per heavy atom. The molecule has 4 rings (SSSR count). The van der Waals surface area contributed by atoms with Crippen LogP contribution in [0.5, 0.6) is 0 Å². The summed E-state index contributed by atoms with van der Waals surface area (Å²) in [5.41, 5.74) is 1.20. The minimum atomic E-state index is 0.161. The fourth-order valence-electron chi connectivity index (χ4n) is 4.03. The summed E-state index contributed by atoms with van der Waals surface area (Å²) in [5, 5.41) is 3.15. The normalized spacial score (nSPS) is 24.6. The maximum atomic E-state index is 12.5. The molecule has 4 heterocycles. The van der Waals surface area contributed by atoms with E-state index in [1.807, 2.05) is 23.2 Å². The molecule has 2 aliphatic rings. The highest BCUT2D eigenvalue weighted by molar-refractivity contribution is 7.11. The summed E-state index contributed by atoms with van der Waals surface area (Å²) in [6.07, 6.45) is 1.84. The maximum absolute atomic E-state index is 12.5. The number of aromatic nitrogens is 1. The molecular formula is C18H23N3OS2. The second-order valence-corrected chi connectivity index (χ2v) is 9.69. The summed E-state index contributed by atoms with van der Waals surface area (Å²) in [5.74, 6) is 0.300. The molecule has 0 aliphatic carbocycles. The molecule has 2 fully saturated rings. The molecule has 4 nitrogen and oxygen atoms in total. The molecule has 1 atom stereocenters. The van der Waals surface area contributed by atoms with E-state index in [-0.39, 0.29) is 5.41 Å². The van der Waals surface area contributed by atoms with Gasteiger partial charge in [0.25, 0.3) is 0 Å². The van der Waals surface area contributed by atoms with E-state index >= 15 is 0 Å². The Hall–Kier alpha value is -1.24. The quantitative estimate of drug-likeness (QED) is 0.837. The number of rotatable bonds is 4. The van der Waals surface area contributed by atoms with Gasteiger partial charge in [-0.2, -0.15) is 0 Å². The third-order valence-electron chi connectivity index (χ3n) is 5.12. The molecule has 6 heteroatoms. The van der Waals surface area contributed by atoms with Crippen LogP contribution in [0.25, 0.3) is 0 Å². The van der Waals surface area contributed by atoms with E-state index in [9.17, 15) is 4.79 Å². The summed E-state index contributed by atoms with van der Waals surface area (Å²) in [6, 6.07) is 4.43. The molecule has 2 aromatic rings. The van der Waals surface area contributed by atoms with Crippen LogP contribution in [0.2, 0.25) is 0 Å². The van der Waals surface area contributed by atoms with Crippen molar-refractivity contribution < 1.29 is 4.79 Å². The zero-order valence-electron chi connectivity index (χ0n) is 14.2. The molecule has 2 saturated heterocycles. The zero-order valence-corrected chi connectivity index (χ0v) is 15.9. The average molecular weight is 362 g/mol. The van der Waals surface area contributed by atoms with Crippen LogP contribution < -0.4 is 0 Å². The van der Waals surface area contributed by atoms with Crippen molar-refractivity contribution in [2.45, 2.75) is 39.8 Å². The lowest BCUT2D eigenvalue weighted by Gasteiger charge is -2.24. The van der Waals surface area contributed by atoms with Gasteiger partial charge in [0.1, 0.15) is 0 Å². The van der Waals surface area contributed by atoms with Gasteiger partial charge in [-0.15, -0.1) is 22.7 Å². The van der Waals surface area contributed by atoms with E-state index in [0.717, 1.165) is 43.3 Å².